The van der Waals surface area contributed by atoms with Crippen LogP contribution < -0.4 is 5.32 Å². The van der Waals surface area contributed by atoms with E-state index in [1.807, 2.05) is 0 Å². The number of carbonyl (C=O) groups excluding carboxylic acids is 1. The Kier molecular flexibility index (Phi) is 4.43. The lowest BCUT2D eigenvalue weighted by Crippen LogP contribution is -2.13. The third-order valence-electron chi connectivity index (χ3n) is 2.70. The van der Waals surface area contributed by atoms with Gasteiger partial charge in [0.2, 0.25) is 0 Å². The van der Waals surface area contributed by atoms with Gasteiger partial charge in [-0.05, 0) is 36.4 Å². The van der Waals surface area contributed by atoms with Gasteiger partial charge in [-0.25, -0.2) is 12.8 Å². The van der Waals surface area contributed by atoms with E-state index < -0.39 is 21.6 Å². The molecule has 0 unspecified atom stereocenters. The first-order chi connectivity index (χ1) is 9.77. The summed E-state index contributed by atoms with van der Waals surface area (Å²) in [5.41, 5.74) is 0.149. The number of anilines is 1. The Bertz CT molecular complexity index is 806. The minimum absolute atomic E-state index is 0.0616. The maximum Gasteiger partial charge on any atom is 0.255 e. The minimum atomic E-state index is -3.47. The molecule has 1 amide bonds. The van der Waals surface area contributed by atoms with Crippen molar-refractivity contribution in [2.75, 3.05) is 11.6 Å². The summed E-state index contributed by atoms with van der Waals surface area (Å²) in [5.74, 6) is -1.23. The van der Waals surface area contributed by atoms with E-state index in [1.54, 1.807) is 24.3 Å². The van der Waals surface area contributed by atoms with E-state index in [9.17, 15) is 17.6 Å². The molecule has 0 radical (unpaired) electrons. The quantitative estimate of drug-likeness (QED) is 0.842. The van der Waals surface area contributed by atoms with E-state index in [0.717, 1.165) is 24.5 Å². The fraction of sp³-hybridized carbons (Fsp3) is 0.0714. The summed E-state index contributed by atoms with van der Waals surface area (Å²) in [6, 6.07) is 9.82. The lowest BCUT2D eigenvalue weighted by molar-refractivity contribution is 0.102. The van der Waals surface area contributed by atoms with Gasteiger partial charge in [-0.2, -0.15) is 0 Å². The lowest BCUT2D eigenvalue weighted by atomic mass is 10.2. The van der Waals surface area contributed by atoms with Crippen LogP contribution >= 0.6 is 15.9 Å². The van der Waals surface area contributed by atoms with Crippen LogP contribution in [0.15, 0.2) is 51.8 Å². The third kappa shape index (κ3) is 3.89. The molecule has 2 aromatic carbocycles. The summed E-state index contributed by atoms with van der Waals surface area (Å²) >= 11 is 3.23. The molecule has 0 aliphatic rings. The number of sulfone groups is 1. The Labute approximate surface area is 130 Å². The van der Waals surface area contributed by atoms with E-state index in [2.05, 4.69) is 21.2 Å². The molecule has 0 fully saturated rings. The van der Waals surface area contributed by atoms with Gasteiger partial charge < -0.3 is 5.32 Å². The van der Waals surface area contributed by atoms with Gasteiger partial charge >= 0.3 is 0 Å². The highest BCUT2D eigenvalue weighted by Gasteiger charge is 2.14. The fourth-order valence-corrected chi connectivity index (χ4v) is 2.70. The van der Waals surface area contributed by atoms with Gasteiger partial charge in [0, 0.05) is 16.3 Å². The van der Waals surface area contributed by atoms with Crippen molar-refractivity contribution in [3.63, 3.8) is 0 Å². The monoisotopic (exact) mass is 371 g/mol. The van der Waals surface area contributed by atoms with Crippen molar-refractivity contribution < 1.29 is 17.6 Å². The number of hydrogen-bond donors (Lipinski definition) is 1. The maximum absolute atomic E-state index is 13.7. The molecule has 0 aromatic heterocycles. The topological polar surface area (TPSA) is 63.2 Å². The number of rotatable bonds is 3. The van der Waals surface area contributed by atoms with Gasteiger partial charge in [0.15, 0.2) is 9.84 Å². The number of hydrogen-bond acceptors (Lipinski definition) is 3. The Morgan fingerprint density at radius 3 is 2.52 bits per heavy atom. The third-order valence-corrected chi connectivity index (χ3v) is 4.30. The Hall–Kier alpha value is -1.73. The Balaban J connectivity index is 2.33. The van der Waals surface area contributed by atoms with Gasteiger partial charge in [0.25, 0.3) is 5.91 Å². The zero-order chi connectivity index (χ0) is 15.6. The molecule has 110 valence electrons. The highest BCUT2D eigenvalue weighted by Crippen LogP contribution is 2.21. The van der Waals surface area contributed by atoms with E-state index in [4.69, 9.17) is 0 Å². The Morgan fingerprint density at radius 2 is 1.90 bits per heavy atom. The first-order valence-electron chi connectivity index (χ1n) is 5.84. The van der Waals surface area contributed by atoms with Crippen molar-refractivity contribution >= 4 is 37.4 Å². The number of carbonyl (C=O) groups is 1. The van der Waals surface area contributed by atoms with Crippen molar-refractivity contribution in [1.29, 1.82) is 0 Å². The average molecular weight is 372 g/mol. The molecule has 4 nitrogen and oxygen atoms in total. The number of benzene rings is 2. The molecule has 0 aliphatic heterocycles. The number of halogens is 2. The summed E-state index contributed by atoms with van der Waals surface area (Å²) in [6.07, 6.45) is 1.01. The molecule has 0 saturated heterocycles. The second-order valence-electron chi connectivity index (χ2n) is 4.38. The molecule has 1 N–H and O–H groups in total. The van der Waals surface area contributed by atoms with E-state index in [-0.39, 0.29) is 10.6 Å². The molecule has 0 saturated carbocycles. The lowest BCUT2D eigenvalue weighted by Gasteiger charge is -2.08. The van der Waals surface area contributed by atoms with Crippen LogP contribution in [0.2, 0.25) is 0 Å². The van der Waals surface area contributed by atoms with Crippen LogP contribution in [0.1, 0.15) is 10.4 Å². The van der Waals surface area contributed by atoms with Crippen molar-refractivity contribution in [2.45, 2.75) is 4.90 Å². The smallest absolute Gasteiger partial charge is 0.255 e. The first kappa shape index (κ1) is 15.7. The van der Waals surface area contributed by atoms with Gasteiger partial charge in [0.05, 0.1) is 10.6 Å². The first-order valence-corrected chi connectivity index (χ1v) is 8.52. The standard InChI is InChI=1S/C14H11BrFNO3S/c1-21(19,20)11-5-6-12(16)13(8-11)17-14(18)9-3-2-4-10(15)7-9/h2-8H,1H3,(H,17,18). The molecule has 2 rings (SSSR count). The molecular formula is C14H11BrFNO3S. The van der Waals surface area contributed by atoms with Gasteiger partial charge in [-0.1, -0.05) is 22.0 Å². The van der Waals surface area contributed by atoms with Crippen LogP contribution in [0.5, 0.6) is 0 Å². The van der Waals surface area contributed by atoms with E-state index >= 15 is 0 Å². The molecule has 0 atom stereocenters. The van der Waals surface area contributed by atoms with Crippen molar-refractivity contribution in [3.8, 4) is 0 Å². The summed E-state index contributed by atoms with van der Waals surface area (Å²) in [6.45, 7) is 0. The number of amides is 1. The van der Waals surface area contributed by atoms with Gasteiger partial charge in [0.1, 0.15) is 5.82 Å². The second kappa shape index (κ2) is 5.95. The summed E-state index contributed by atoms with van der Waals surface area (Å²) in [7, 11) is -3.47. The maximum atomic E-state index is 13.7. The zero-order valence-electron chi connectivity index (χ0n) is 10.9. The van der Waals surface area contributed by atoms with Crippen LogP contribution in [0, 0.1) is 5.82 Å². The van der Waals surface area contributed by atoms with Crippen molar-refractivity contribution in [2.24, 2.45) is 0 Å². The molecule has 2 aromatic rings. The predicted octanol–water partition coefficient (Wildman–Crippen LogP) is 3.24. The van der Waals surface area contributed by atoms with Crippen molar-refractivity contribution in [3.05, 3.63) is 58.3 Å². The van der Waals surface area contributed by atoms with Crippen molar-refractivity contribution in [1.82, 2.24) is 0 Å². The predicted molar refractivity (Wildman–Crippen MR) is 81.6 cm³/mol. The van der Waals surface area contributed by atoms with Gasteiger partial charge in [-0.3, -0.25) is 4.79 Å². The Morgan fingerprint density at radius 1 is 1.19 bits per heavy atom. The minimum Gasteiger partial charge on any atom is -0.319 e. The molecule has 21 heavy (non-hydrogen) atoms. The SMILES string of the molecule is CS(=O)(=O)c1ccc(F)c(NC(=O)c2cccc(Br)c2)c1. The van der Waals surface area contributed by atoms with Crippen LogP contribution in [0.25, 0.3) is 0 Å². The second-order valence-corrected chi connectivity index (χ2v) is 7.31. The van der Waals surface area contributed by atoms with Gasteiger partial charge in [-0.15, -0.1) is 0 Å². The molecule has 0 aliphatic carbocycles. The van der Waals surface area contributed by atoms with Crippen LogP contribution in [0.3, 0.4) is 0 Å². The highest BCUT2D eigenvalue weighted by molar-refractivity contribution is 9.10. The van der Waals surface area contributed by atoms with E-state index in [0.29, 0.717) is 10.0 Å². The largest absolute Gasteiger partial charge is 0.319 e. The van der Waals surface area contributed by atoms with Crippen LogP contribution in [-0.4, -0.2) is 20.6 Å². The number of nitrogens with one attached hydrogen (secondary N) is 1. The summed E-state index contributed by atoms with van der Waals surface area (Å²) in [5, 5.41) is 2.37. The normalized spacial score (nSPS) is 11.2. The fourth-order valence-electron chi connectivity index (χ4n) is 1.66. The summed E-state index contributed by atoms with van der Waals surface area (Å²) in [4.78, 5) is 12.0. The van der Waals surface area contributed by atoms with Crippen LogP contribution in [0.4, 0.5) is 10.1 Å². The molecule has 0 spiro atoms. The molecule has 7 heteroatoms. The molecule has 0 bridgehead atoms. The molecular weight excluding hydrogens is 361 g/mol. The van der Waals surface area contributed by atoms with E-state index in [1.165, 1.54) is 0 Å². The summed E-state index contributed by atoms with van der Waals surface area (Å²) < 4.78 is 37.3. The highest BCUT2D eigenvalue weighted by atomic mass is 79.9. The van der Waals surface area contributed by atoms with Crippen LogP contribution in [-0.2, 0) is 9.84 Å². The average Bonchev–Trinajstić information content (AvgIpc) is 2.40. The molecule has 0 heterocycles. The zero-order valence-corrected chi connectivity index (χ0v) is 13.3.